The fourth-order valence-electron chi connectivity index (χ4n) is 4.88. The molecule has 10 heteroatoms. The zero-order valence-electron chi connectivity index (χ0n) is 18.1. The topological polar surface area (TPSA) is 108 Å². The van der Waals surface area contributed by atoms with E-state index in [9.17, 15) is 4.79 Å². The van der Waals surface area contributed by atoms with Gasteiger partial charge < -0.3 is 14.8 Å². The van der Waals surface area contributed by atoms with Crippen LogP contribution in [0.15, 0.2) is 36.9 Å². The minimum atomic E-state index is -0.365. The molecule has 2 saturated heterocycles. The van der Waals surface area contributed by atoms with Crippen molar-refractivity contribution >= 4 is 23.1 Å². The normalized spacial score (nSPS) is 24.2. The van der Waals surface area contributed by atoms with Crippen LogP contribution < -0.4 is 10.1 Å². The lowest BCUT2D eigenvalue weighted by atomic mass is 9.62. The molecular weight excluding hydrogens is 410 g/mol. The highest BCUT2D eigenvalue weighted by Gasteiger charge is 2.61. The molecule has 1 saturated carbocycles. The number of carbonyl (C=O) groups is 1. The minimum Gasteiger partial charge on any atom is -0.474 e. The molecule has 32 heavy (non-hydrogen) atoms. The molecule has 1 aliphatic carbocycles. The summed E-state index contributed by atoms with van der Waals surface area (Å²) in [6.07, 6.45) is 8.61. The lowest BCUT2D eigenvalue weighted by molar-refractivity contribution is 0.0154. The Morgan fingerprint density at radius 2 is 2.12 bits per heavy atom. The van der Waals surface area contributed by atoms with Crippen LogP contribution in [-0.4, -0.2) is 53.2 Å². The molecule has 2 aliphatic heterocycles. The van der Waals surface area contributed by atoms with Crippen LogP contribution in [0.5, 0.6) is 5.88 Å². The molecule has 3 fully saturated rings. The molecule has 4 aromatic rings. The Hall–Kier alpha value is -3.53. The second-order valence-electron chi connectivity index (χ2n) is 9.22. The molecule has 2 bridgehead atoms. The quantitative estimate of drug-likeness (QED) is 0.515. The second kappa shape index (κ2) is 6.49. The summed E-state index contributed by atoms with van der Waals surface area (Å²) in [5.74, 6) is 0.834. The van der Waals surface area contributed by atoms with Gasteiger partial charge in [0.25, 0.3) is 5.91 Å². The Balaban J connectivity index is 1.38. The summed E-state index contributed by atoms with van der Waals surface area (Å²) in [6.45, 7) is 6.58. The number of ether oxygens (including phenoxy) is 2. The maximum Gasteiger partial charge on any atom is 0.263 e. The van der Waals surface area contributed by atoms with Gasteiger partial charge in [-0.1, -0.05) is 0 Å². The number of rotatable bonds is 5. The van der Waals surface area contributed by atoms with E-state index in [1.165, 1.54) is 0 Å². The van der Waals surface area contributed by atoms with Gasteiger partial charge in [0, 0.05) is 24.0 Å². The zero-order valence-corrected chi connectivity index (χ0v) is 18.1. The van der Waals surface area contributed by atoms with Crippen molar-refractivity contribution in [2.45, 2.75) is 50.7 Å². The minimum absolute atomic E-state index is 0.0394. The number of fused-ring (bicyclic) bond motifs is 3. The number of carbonyl (C=O) groups excluding carboxylic acids is 1. The van der Waals surface area contributed by atoms with Crippen molar-refractivity contribution in [2.24, 2.45) is 0 Å². The summed E-state index contributed by atoms with van der Waals surface area (Å²) >= 11 is 0. The summed E-state index contributed by atoms with van der Waals surface area (Å²) in [7, 11) is 0. The van der Waals surface area contributed by atoms with E-state index in [0.29, 0.717) is 29.4 Å². The molecule has 164 valence electrons. The Morgan fingerprint density at radius 3 is 2.88 bits per heavy atom. The standard InChI is InChI=1S/C22H23N7O3/c1-13(2)32-19-14(18(30)26-17-7-23-16-5-4-6-24-29(16)17)8-28-9-15(25-20(28)27-19)22-10-21(3,11-22)31-12-22/h4-9,13H,10-12H2,1-3H3,(H,26,30). The number of hydrogen-bond acceptors (Lipinski definition) is 7. The smallest absolute Gasteiger partial charge is 0.263 e. The lowest BCUT2D eigenvalue weighted by Gasteiger charge is -2.41. The van der Waals surface area contributed by atoms with Gasteiger partial charge in [0.2, 0.25) is 11.7 Å². The Kier molecular flexibility index (Phi) is 3.89. The highest BCUT2D eigenvalue weighted by atomic mass is 16.5. The molecule has 3 aliphatic rings. The van der Waals surface area contributed by atoms with Crippen LogP contribution in [0, 0.1) is 0 Å². The number of amides is 1. The van der Waals surface area contributed by atoms with Crippen LogP contribution in [0.1, 0.15) is 49.7 Å². The van der Waals surface area contributed by atoms with Gasteiger partial charge >= 0.3 is 0 Å². The first-order valence-electron chi connectivity index (χ1n) is 10.7. The largest absolute Gasteiger partial charge is 0.474 e. The van der Waals surface area contributed by atoms with E-state index in [2.05, 4.69) is 27.3 Å². The zero-order chi connectivity index (χ0) is 22.1. The maximum absolute atomic E-state index is 13.2. The maximum atomic E-state index is 13.2. The van der Waals surface area contributed by atoms with Gasteiger partial charge in [0.05, 0.1) is 30.2 Å². The van der Waals surface area contributed by atoms with E-state index in [1.807, 2.05) is 26.1 Å². The first kappa shape index (κ1) is 19.2. The summed E-state index contributed by atoms with van der Waals surface area (Å²) in [5.41, 5.74) is 1.78. The van der Waals surface area contributed by atoms with Crippen molar-refractivity contribution in [3.8, 4) is 5.88 Å². The van der Waals surface area contributed by atoms with Crippen LogP contribution in [0.2, 0.25) is 0 Å². The van der Waals surface area contributed by atoms with E-state index < -0.39 is 0 Å². The van der Waals surface area contributed by atoms with Gasteiger partial charge in [0.15, 0.2) is 11.5 Å². The molecule has 0 atom stereocenters. The van der Waals surface area contributed by atoms with E-state index in [-0.39, 0.29) is 28.9 Å². The van der Waals surface area contributed by atoms with Gasteiger partial charge in [0.1, 0.15) is 5.56 Å². The number of imidazole rings is 2. The fourth-order valence-corrected chi connectivity index (χ4v) is 4.88. The van der Waals surface area contributed by atoms with Gasteiger partial charge in [-0.25, -0.2) is 9.97 Å². The third-order valence-corrected chi connectivity index (χ3v) is 6.19. The summed E-state index contributed by atoms with van der Waals surface area (Å²) in [4.78, 5) is 26.8. The van der Waals surface area contributed by atoms with Crippen molar-refractivity contribution in [3.05, 3.63) is 48.2 Å². The number of nitrogens with one attached hydrogen (secondary N) is 1. The van der Waals surface area contributed by atoms with Gasteiger partial charge in [-0.3, -0.25) is 9.20 Å². The lowest BCUT2D eigenvalue weighted by Crippen LogP contribution is -2.45. The predicted molar refractivity (Wildman–Crippen MR) is 115 cm³/mol. The first-order valence-corrected chi connectivity index (χ1v) is 10.7. The average molecular weight is 433 g/mol. The molecule has 1 amide bonds. The van der Waals surface area contributed by atoms with Crippen molar-refractivity contribution in [1.29, 1.82) is 0 Å². The summed E-state index contributed by atoms with van der Waals surface area (Å²) in [6, 6.07) is 3.60. The third kappa shape index (κ3) is 2.86. The molecule has 10 nitrogen and oxygen atoms in total. The molecule has 0 aromatic carbocycles. The Morgan fingerprint density at radius 1 is 1.28 bits per heavy atom. The number of aromatic nitrogens is 6. The number of nitrogens with zero attached hydrogens (tertiary/aromatic N) is 6. The van der Waals surface area contributed by atoms with Crippen molar-refractivity contribution in [2.75, 3.05) is 11.9 Å². The third-order valence-electron chi connectivity index (χ3n) is 6.19. The van der Waals surface area contributed by atoms with Crippen molar-refractivity contribution in [1.82, 2.24) is 29.0 Å². The molecular formula is C22H23N7O3. The van der Waals surface area contributed by atoms with E-state index in [4.69, 9.17) is 14.5 Å². The highest BCUT2D eigenvalue weighted by molar-refractivity contribution is 6.05. The van der Waals surface area contributed by atoms with Crippen LogP contribution >= 0.6 is 0 Å². The van der Waals surface area contributed by atoms with Crippen LogP contribution in [0.4, 0.5) is 5.82 Å². The average Bonchev–Trinajstić information content (AvgIpc) is 3.48. The Bertz CT molecular complexity index is 1370. The molecule has 4 aromatic heterocycles. The predicted octanol–water partition coefficient (Wildman–Crippen LogP) is 2.63. The summed E-state index contributed by atoms with van der Waals surface area (Å²) < 4.78 is 15.2. The molecule has 1 N–H and O–H groups in total. The second-order valence-corrected chi connectivity index (χ2v) is 9.22. The van der Waals surface area contributed by atoms with E-state index >= 15 is 0 Å². The van der Waals surface area contributed by atoms with E-state index in [1.54, 1.807) is 33.6 Å². The van der Waals surface area contributed by atoms with Gasteiger partial charge in [-0.2, -0.15) is 14.6 Å². The van der Waals surface area contributed by atoms with Crippen molar-refractivity contribution in [3.63, 3.8) is 0 Å². The van der Waals surface area contributed by atoms with Crippen molar-refractivity contribution < 1.29 is 14.3 Å². The van der Waals surface area contributed by atoms with Gasteiger partial charge in [-0.05, 0) is 45.7 Å². The number of anilines is 1. The first-order chi connectivity index (χ1) is 15.3. The SMILES string of the molecule is CC(C)Oc1nc2nc(C34COC(C)(C3)C4)cn2cc1C(=O)Nc1cnc2cccnn12. The van der Waals surface area contributed by atoms with Crippen LogP contribution in [0.3, 0.4) is 0 Å². The molecule has 0 radical (unpaired) electrons. The van der Waals surface area contributed by atoms with E-state index in [0.717, 1.165) is 18.5 Å². The number of hydrogen-bond donors (Lipinski definition) is 1. The molecule has 6 heterocycles. The van der Waals surface area contributed by atoms with Gasteiger partial charge in [-0.15, -0.1) is 0 Å². The molecule has 0 spiro atoms. The fraction of sp³-hybridized carbons (Fsp3) is 0.409. The van der Waals surface area contributed by atoms with Crippen LogP contribution in [0.25, 0.3) is 11.4 Å². The monoisotopic (exact) mass is 433 g/mol. The van der Waals surface area contributed by atoms with Crippen LogP contribution in [-0.2, 0) is 10.2 Å². The summed E-state index contributed by atoms with van der Waals surface area (Å²) in [5, 5.41) is 7.11. The molecule has 0 unspecified atom stereocenters. The molecule has 7 rings (SSSR count). The Labute approximate surface area is 183 Å². The highest BCUT2D eigenvalue weighted by Crippen LogP contribution is 2.58.